The summed E-state index contributed by atoms with van der Waals surface area (Å²) in [6, 6.07) is 16.1. The average Bonchev–Trinajstić information content (AvgIpc) is 3.26. The van der Waals surface area contributed by atoms with Crippen LogP contribution in [0.4, 0.5) is 0 Å². The molecule has 0 spiro atoms. The van der Waals surface area contributed by atoms with Crippen molar-refractivity contribution in [2.45, 2.75) is 19.5 Å². The van der Waals surface area contributed by atoms with Gasteiger partial charge in [-0.25, -0.2) is 4.98 Å². The van der Waals surface area contributed by atoms with E-state index in [9.17, 15) is 4.79 Å². The smallest absolute Gasteiger partial charge is 0.275 e. The van der Waals surface area contributed by atoms with Gasteiger partial charge < -0.3 is 0 Å². The topological polar surface area (TPSA) is 59.3 Å². The number of aryl methyl sites for hydroxylation is 1. The van der Waals surface area contributed by atoms with Crippen molar-refractivity contribution in [1.29, 1.82) is 0 Å². The molecule has 4 rings (SSSR count). The van der Waals surface area contributed by atoms with Crippen molar-refractivity contribution in [3.05, 3.63) is 85.4 Å². The van der Waals surface area contributed by atoms with Crippen LogP contribution in [-0.4, -0.2) is 14.6 Å². The third kappa shape index (κ3) is 3.39. The minimum atomic E-state index is -0.136. The number of nitrogens with zero attached hydrogens (tertiary/aromatic N) is 3. The number of nitrogens with one attached hydrogen (secondary N) is 1. The lowest BCUT2D eigenvalue weighted by Crippen LogP contribution is -2.21. The van der Waals surface area contributed by atoms with Gasteiger partial charge in [0.05, 0.1) is 12.6 Å². The second kappa shape index (κ2) is 6.87. The molecule has 0 saturated heterocycles. The molecule has 7 heteroatoms. The Morgan fingerprint density at radius 2 is 2.04 bits per heavy atom. The van der Waals surface area contributed by atoms with Crippen LogP contribution in [0.3, 0.4) is 0 Å². The number of aromatic nitrogens is 3. The summed E-state index contributed by atoms with van der Waals surface area (Å²) in [5.74, 6) is 0. The molecule has 0 bridgehead atoms. The Kier molecular flexibility index (Phi) is 4.44. The molecule has 0 saturated carbocycles. The van der Waals surface area contributed by atoms with Gasteiger partial charge in [-0.05, 0) is 23.9 Å². The zero-order valence-corrected chi connectivity index (χ0v) is 15.2. The molecule has 1 unspecified atom stereocenters. The molecule has 0 aliphatic rings. The molecule has 1 N–H and O–H groups in total. The zero-order chi connectivity index (χ0) is 17.2. The quantitative estimate of drug-likeness (QED) is 0.586. The number of benzene rings is 1. The van der Waals surface area contributed by atoms with Crippen LogP contribution in [0.1, 0.15) is 27.2 Å². The van der Waals surface area contributed by atoms with E-state index < -0.39 is 0 Å². The van der Waals surface area contributed by atoms with Gasteiger partial charge in [-0.1, -0.05) is 47.7 Å². The summed E-state index contributed by atoms with van der Waals surface area (Å²) in [5, 5.41) is 10.9. The van der Waals surface area contributed by atoms with Crippen molar-refractivity contribution in [2.75, 3.05) is 0 Å². The van der Waals surface area contributed by atoms with Crippen LogP contribution in [0.2, 0.25) is 0 Å². The molecule has 0 radical (unpaired) electrons. The first-order valence-corrected chi connectivity index (χ1v) is 9.58. The molecule has 0 fully saturated rings. The number of hydrogen-bond acceptors (Lipinski definition) is 6. The summed E-state index contributed by atoms with van der Waals surface area (Å²) in [4.78, 5) is 18.3. The van der Waals surface area contributed by atoms with Crippen LogP contribution in [0.25, 0.3) is 4.96 Å². The largest absolute Gasteiger partial charge is 0.299 e. The molecule has 3 aromatic heterocycles. The summed E-state index contributed by atoms with van der Waals surface area (Å²) >= 11 is 3.17. The maximum atomic E-state index is 12.0. The predicted octanol–water partition coefficient (Wildman–Crippen LogP) is 3.40. The summed E-state index contributed by atoms with van der Waals surface area (Å²) in [6.07, 6.45) is 0. The normalized spacial score (nSPS) is 12.5. The standard InChI is InChI=1S/C18H16N4OS2/c1-12-10-16(23)22-18(20-12)25-15(21-22)11-19-17(14-8-5-9-24-14)13-6-3-2-4-7-13/h2-10,17,19H,11H2,1H3. The number of hydrogen-bond donors (Lipinski definition) is 1. The van der Waals surface area contributed by atoms with E-state index in [1.807, 2.05) is 25.1 Å². The molecule has 0 aliphatic heterocycles. The van der Waals surface area contributed by atoms with Crippen LogP contribution < -0.4 is 10.9 Å². The maximum Gasteiger partial charge on any atom is 0.275 e. The molecule has 3 heterocycles. The fourth-order valence-corrected chi connectivity index (χ4v) is 4.43. The molecule has 4 aromatic rings. The molecule has 5 nitrogen and oxygen atoms in total. The minimum absolute atomic E-state index is 0.0969. The van der Waals surface area contributed by atoms with Crippen LogP contribution in [0.15, 0.2) is 58.7 Å². The SMILES string of the molecule is Cc1cc(=O)n2nc(CNC(c3ccccc3)c3cccs3)sc2n1. The average molecular weight is 368 g/mol. The van der Waals surface area contributed by atoms with Crippen LogP contribution in [0, 0.1) is 6.92 Å². The van der Waals surface area contributed by atoms with E-state index in [-0.39, 0.29) is 11.6 Å². The first kappa shape index (κ1) is 16.1. The van der Waals surface area contributed by atoms with Gasteiger partial charge in [-0.15, -0.1) is 11.3 Å². The van der Waals surface area contributed by atoms with Crippen molar-refractivity contribution in [2.24, 2.45) is 0 Å². The van der Waals surface area contributed by atoms with Crippen molar-refractivity contribution in [3.63, 3.8) is 0 Å². The van der Waals surface area contributed by atoms with Gasteiger partial charge in [0.2, 0.25) is 4.96 Å². The third-order valence-electron chi connectivity index (χ3n) is 3.83. The molecule has 25 heavy (non-hydrogen) atoms. The highest BCUT2D eigenvalue weighted by atomic mass is 32.1. The number of thiophene rings is 1. The molecule has 0 aliphatic carbocycles. The number of rotatable bonds is 5. The van der Waals surface area contributed by atoms with Crippen molar-refractivity contribution < 1.29 is 0 Å². The van der Waals surface area contributed by atoms with Gasteiger partial charge in [-0.3, -0.25) is 10.1 Å². The fourth-order valence-electron chi connectivity index (χ4n) is 2.70. The van der Waals surface area contributed by atoms with Crippen LogP contribution >= 0.6 is 22.7 Å². The highest BCUT2D eigenvalue weighted by molar-refractivity contribution is 7.16. The van der Waals surface area contributed by atoms with Gasteiger partial charge in [-0.2, -0.15) is 9.61 Å². The van der Waals surface area contributed by atoms with Crippen molar-refractivity contribution in [1.82, 2.24) is 19.9 Å². The molecule has 1 atom stereocenters. The highest BCUT2D eigenvalue weighted by Gasteiger charge is 2.16. The molecule has 126 valence electrons. The Morgan fingerprint density at radius 3 is 2.80 bits per heavy atom. The minimum Gasteiger partial charge on any atom is -0.299 e. The highest BCUT2D eigenvalue weighted by Crippen LogP contribution is 2.26. The second-order valence-corrected chi connectivity index (χ2v) is 7.69. The Hall–Kier alpha value is -2.35. The van der Waals surface area contributed by atoms with E-state index in [1.54, 1.807) is 11.3 Å². The monoisotopic (exact) mass is 368 g/mol. The van der Waals surface area contributed by atoms with E-state index in [0.717, 1.165) is 5.01 Å². The third-order valence-corrected chi connectivity index (χ3v) is 5.68. The lowest BCUT2D eigenvalue weighted by molar-refractivity contribution is 0.605. The zero-order valence-electron chi connectivity index (χ0n) is 13.5. The van der Waals surface area contributed by atoms with E-state index in [2.05, 4.69) is 45.0 Å². The summed E-state index contributed by atoms with van der Waals surface area (Å²) in [6.45, 7) is 2.39. The molecule has 0 amide bonds. The van der Waals surface area contributed by atoms with E-state index in [0.29, 0.717) is 17.2 Å². The molecular formula is C18H16N4OS2. The van der Waals surface area contributed by atoms with Gasteiger partial charge in [0.1, 0.15) is 5.01 Å². The fraction of sp³-hybridized carbons (Fsp3) is 0.167. The molecule has 1 aromatic carbocycles. The predicted molar refractivity (Wildman–Crippen MR) is 101 cm³/mol. The first-order chi connectivity index (χ1) is 12.2. The number of fused-ring (bicyclic) bond motifs is 1. The Bertz CT molecular complexity index is 1040. The van der Waals surface area contributed by atoms with E-state index in [1.165, 1.54) is 32.4 Å². The summed E-state index contributed by atoms with van der Waals surface area (Å²) in [7, 11) is 0. The summed E-state index contributed by atoms with van der Waals surface area (Å²) in [5.41, 5.74) is 1.79. The van der Waals surface area contributed by atoms with Crippen molar-refractivity contribution in [3.8, 4) is 0 Å². The van der Waals surface area contributed by atoms with Crippen molar-refractivity contribution >= 4 is 27.6 Å². The Labute approximate surface area is 152 Å². The van der Waals surface area contributed by atoms with Crippen LogP contribution in [0.5, 0.6) is 0 Å². The summed E-state index contributed by atoms with van der Waals surface area (Å²) < 4.78 is 1.37. The van der Waals surface area contributed by atoms with Gasteiger partial charge in [0.25, 0.3) is 5.56 Å². The lowest BCUT2D eigenvalue weighted by Gasteiger charge is -2.17. The first-order valence-electron chi connectivity index (χ1n) is 7.89. The van der Waals surface area contributed by atoms with Crippen LogP contribution in [-0.2, 0) is 6.54 Å². The lowest BCUT2D eigenvalue weighted by atomic mass is 10.1. The van der Waals surface area contributed by atoms with E-state index in [4.69, 9.17) is 0 Å². The van der Waals surface area contributed by atoms with E-state index >= 15 is 0 Å². The Morgan fingerprint density at radius 1 is 1.20 bits per heavy atom. The second-order valence-electron chi connectivity index (χ2n) is 5.67. The van der Waals surface area contributed by atoms with Gasteiger partial charge in [0, 0.05) is 16.6 Å². The molecular weight excluding hydrogens is 352 g/mol. The Balaban J connectivity index is 1.62. The van der Waals surface area contributed by atoms with Gasteiger partial charge in [0.15, 0.2) is 0 Å². The maximum absolute atomic E-state index is 12.0. The van der Waals surface area contributed by atoms with Gasteiger partial charge >= 0.3 is 0 Å².